The number of likely N-dealkylation sites (tertiary alicyclic amines) is 1. The summed E-state index contributed by atoms with van der Waals surface area (Å²) in [5, 5.41) is 8.93. The summed E-state index contributed by atoms with van der Waals surface area (Å²) in [6.45, 7) is 4.22. The number of carbonyl (C=O) groups is 2. The van der Waals surface area contributed by atoms with E-state index in [0.717, 1.165) is 19.3 Å². The Morgan fingerprint density at radius 2 is 2.16 bits per heavy atom. The van der Waals surface area contributed by atoms with Crippen molar-refractivity contribution >= 4 is 12.0 Å². The molecule has 1 heterocycles. The van der Waals surface area contributed by atoms with Crippen LogP contribution in [0, 0.1) is 0 Å². The second-order valence-corrected chi connectivity index (χ2v) is 4.80. The Morgan fingerprint density at radius 3 is 2.74 bits per heavy atom. The first-order valence-corrected chi connectivity index (χ1v) is 6.86. The standard InChI is InChI=1S/C13H24N2O4/c1-3-14(8-9-19-2)13(18)15-7-5-4-6-11(15)10-12(16)17/h11H,3-10H2,1-2H3,(H,16,17). The molecule has 0 radical (unpaired) electrons. The van der Waals surface area contributed by atoms with Crippen LogP contribution < -0.4 is 0 Å². The molecular weight excluding hydrogens is 248 g/mol. The molecular formula is C13H24N2O4. The van der Waals surface area contributed by atoms with Gasteiger partial charge in [0, 0.05) is 32.8 Å². The molecule has 0 aromatic rings. The van der Waals surface area contributed by atoms with Crippen molar-refractivity contribution in [2.75, 3.05) is 33.4 Å². The maximum absolute atomic E-state index is 12.4. The van der Waals surface area contributed by atoms with Gasteiger partial charge in [0.15, 0.2) is 0 Å². The molecule has 1 unspecified atom stereocenters. The van der Waals surface area contributed by atoms with Crippen LogP contribution in [-0.2, 0) is 9.53 Å². The number of urea groups is 1. The van der Waals surface area contributed by atoms with E-state index in [2.05, 4.69) is 0 Å². The average molecular weight is 272 g/mol. The molecule has 0 saturated carbocycles. The molecule has 2 amide bonds. The van der Waals surface area contributed by atoms with Crippen molar-refractivity contribution in [2.24, 2.45) is 0 Å². The molecule has 110 valence electrons. The summed E-state index contributed by atoms with van der Waals surface area (Å²) in [7, 11) is 1.60. The SMILES string of the molecule is CCN(CCOC)C(=O)N1CCCCC1CC(=O)O. The molecule has 1 aliphatic rings. The van der Waals surface area contributed by atoms with E-state index in [9.17, 15) is 9.59 Å². The number of hydrogen-bond donors (Lipinski definition) is 1. The molecule has 0 aliphatic carbocycles. The fourth-order valence-electron chi connectivity index (χ4n) is 2.44. The number of amides is 2. The Morgan fingerprint density at radius 1 is 1.42 bits per heavy atom. The average Bonchev–Trinajstić information content (AvgIpc) is 2.39. The van der Waals surface area contributed by atoms with Crippen LogP contribution in [-0.4, -0.2) is 66.3 Å². The number of hydrogen-bond acceptors (Lipinski definition) is 3. The van der Waals surface area contributed by atoms with Crippen LogP contribution in [0.3, 0.4) is 0 Å². The molecule has 1 rings (SSSR count). The number of carboxylic acid groups (broad SMARTS) is 1. The minimum absolute atomic E-state index is 0.0353. The van der Waals surface area contributed by atoms with E-state index in [0.29, 0.717) is 26.2 Å². The molecule has 1 saturated heterocycles. The first-order valence-electron chi connectivity index (χ1n) is 6.86. The Balaban J connectivity index is 2.66. The van der Waals surface area contributed by atoms with E-state index in [4.69, 9.17) is 9.84 Å². The Hall–Kier alpha value is -1.30. The van der Waals surface area contributed by atoms with Gasteiger partial charge in [-0.15, -0.1) is 0 Å². The summed E-state index contributed by atoms with van der Waals surface area (Å²) in [6.07, 6.45) is 2.75. The summed E-state index contributed by atoms with van der Waals surface area (Å²) < 4.78 is 5.00. The number of piperidine rings is 1. The third-order valence-electron chi connectivity index (χ3n) is 3.50. The zero-order valence-corrected chi connectivity index (χ0v) is 11.8. The minimum atomic E-state index is -0.843. The minimum Gasteiger partial charge on any atom is -0.481 e. The molecule has 0 aromatic heterocycles. The fraction of sp³-hybridized carbons (Fsp3) is 0.846. The van der Waals surface area contributed by atoms with Gasteiger partial charge in [-0.3, -0.25) is 4.79 Å². The van der Waals surface area contributed by atoms with Gasteiger partial charge in [-0.1, -0.05) is 0 Å². The van der Waals surface area contributed by atoms with Crippen LogP contribution in [0.5, 0.6) is 0 Å². The second-order valence-electron chi connectivity index (χ2n) is 4.80. The number of rotatable bonds is 6. The zero-order chi connectivity index (χ0) is 14.3. The molecule has 1 fully saturated rings. The largest absolute Gasteiger partial charge is 0.481 e. The highest BCUT2D eigenvalue weighted by molar-refractivity contribution is 5.76. The number of nitrogens with zero attached hydrogens (tertiary/aromatic N) is 2. The van der Waals surface area contributed by atoms with Crippen LogP contribution in [0.4, 0.5) is 4.79 Å². The van der Waals surface area contributed by atoms with E-state index in [-0.39, 0.29) is 18.5 Å². The van der Waals surface area contributed by atoms with Gasteiger partial charge in [0.1, 0.15) is 0 Å². The first-order chi connectivity index (χ1) is 9.10. The van der Waals surface area contributed by atoms with E-state index in [1.54, 1.807) is 16.9 Å². The Labute approximate surface area is 114 Å². The van der Waals surface area contributed by atoms with E-state index in [1.165, 1.54) is 0 Å². The third-order valence-corrected chi connectivity index (χ3v) is 3.50. The maximum atomic E-state index is 12.4. The van der Waals surface area contributed by atoms with Crippen molar-refractivity contribution in [3.63, 3.8) is 0 Å². The van der Waals surface area contributed by atoms with Crippen LogP contribution >= 0.6 is 0 Å². The Bertz CT molecular complexity index is 309. The van der Waals surface area contributed by atoms with Gasteiger partial charge in [0.05, 0.1) is 13.0 Å². The van der Waals surface area contributed by atoms with Crippen molar-refractivity contribution in [3.05, 3.63) is 0 Å². The quantitative estimate of drug-likeness (QED) is 0.793. The van der Waals surface area contributed by atoms with Gasteiger partial charge in [-0.2, -0.15) is 0 Å². The van der Waals surface area contributed by atoms with Gasteiger partial charge >= 0.3 is 12.0 Å². The monoisotopic (exact) mass is 272 g/mol. The van der Waals surface area contributed by atoms with Crippen molar-refractivity contribution in [2.45, 2.75) is 38.6 Å². The molecule has 6 nitrogen and oxygen atoms in total. The van der Waals surface area contributed by atoms with Gasteiger partial charge < -0.3 is 19.6 Å². The molecule has 0 bridgehead atoms. The predicted molar refractivity (Wildman–Crippen MR) is 71.1 cm³/mol. The lowest BCUT2D eigenvalue weighted by Gasteiger charge is -2.38. The summed E-state index contributed by atoms with van der Waals surface area (Å²) in [6, 6.07) is -0.235. The molecule has 1 N–H and O–H groups in total. The van der Waals surface area contributed by atoms with Crippen molar-refractivity contribution in [1.82, 2.24) is 9.80 Å². The number of aliphatic carboxylic acids is 1. The lowest BCUT2D eigenvalue weighted by Crippen LogP contribution is -2.51. The number of ether oxygens (including phenoxy) is 1. The molecule has 6 heteroatoms. The smallest absolute Gasteiger partial charge is 0.320 e. The van der Waals surface area contributed by atoms with Gasteiger partial charge in [0.25, 0.3) is 0 Å². The van der Waals surface area contributed by atoms with Crippen molar-refractivity contribution in [3.8, 4) is 0 Å². The topological polar surface area (TPSA) is 70.1 Å². The van der Waals surface area contributed by atoms with Crippen LogP contribution in [0.15, 0.2) is 0 Å². The lowest BCUT2D eigenvalue weighted by molar-refractivity contribution is -0.138. The van der Waals surface area contributed by atoms with Crippen molar-refractivity contribution in [1.29, 1.82) is 0 Å². The number of carboxylic acids is 1. The van der Waals surface area contributed by atoms with Crippen molar-refractivity contribution < 1.29 is 19.4 Å². The van der Waals surface area contributed by atoms with Crippen LogP contribution in [0.2, 0.25) is 0 Å². The molecule has 1 aliphatic heterocycles. The van der Waals surface area contributed by atoms with Crippen LogP contribution in [0.25, 0.3) is 0 Å². The highest BCUT2D eigenvalue weighted by Crippen LogP contribution is 2.21. The summed E-state index contributed by atoms with van der Waals surface area (Å²) in [5.74, 6) is -0.843. The number of methoxy groups -OCH3 is 1. The van der Waals surface area contributed by atoms with E-state index in [1.807, 2.05) is 6.92 Å². The summed E-state index contributed by atoms with van der Waals surface area (Å²) in [4.78, 5) is 26.7. The summed E-state index contributed by atoms with van der Waals surface area (Å²) in [5.41, 5.74) is 0. The van der Waals surface area contributed by atoms with Gasteiger partial charge in [-0.25, -0.2) is 4.79 Å². The van der Waals surface area contributed by atoms with Gasteiger partial charge in [0.2, 0.25) is 0 Å². The molecule has 19 heavy (non-hydrogen) atoms. The second kappa shape index (κ2) is 7.99. The lowest BCUT2D eigenvalue weighted by atomic mass is 10.00. The first kappa shape index (κ1) is 15.8. The number of likely N-dealkylation sites (N-methyl/N-ethyl adjacent to an activating group) is 1. The van der Waals surface area contributed by atoms with Gasteiger partial charge in [-0.05, 0) is 26.2 Å². The van der Waals surface area contributed by atoms with E-state index >= 15 is 0 Å². The zero-order valence-electron chi connectivity index (χ0n) is 11.8. The highest BCUT2D eigenvalue weighted by atomic mass is 16.5. The molecule has 0 aromatic carbocycles. The maximum Gasteiger partial charge on any atom is 0.320 e. The normalized spacial score (nSPS) is 19.3. The fourth-order valence-corrected chi connectivity index (χ4v) is 2.44. The predicted octanol–water partition coefficient (Wildman–Crippen LogP) is 1.40. The highest BCUT2D eigenvalue weighted by Gasteiger charge is 2.30. The summed E-state index contributed by atoms with van der Waals surface area (Å²) >= 11 is 0. The Kier molecular flexibility index (Phi) is 6.62. The third kappa shape index (κ3) is 4.70. The molecule has 1 atom stereocenters. The number of carbonyl (C=O) groups excluding carboxylic acids is 1. The van der Waals surface area contributed by atoms with Crippen LogP contribution in [0.1, 0.15) is 32.6 Å². The molecule has 0 spiro atoms. The van der Waals surface area contributed by atoms with E-state index < -0.39 is 5.97 Å².